The molecule has 0 radical (unpaired) electrons. The van der Waals surface area contributed by atoms with Crippen LogP contribution in [-0.2, 0) is 6.54 Å². The van der Waals surface area contributed by atoms with Gasteiger partial charge < -0.3 is 25.4 Å². The zero-order valence-electron chi connectivity index (χ0n) is 18.0. The molecule has 0 spiro atoms. The van der Waals surface area contributed by atoms with E-state index in [0.717, 1.165) is 69.3 Å². The monoisotopic (exact) mass is 390 g/mol. The lowest BCUT2D eigenvalue weighted by atomic mass is 10.1. The summed E-state index contributed by atoms with van der Waals surface area (Å²) >= 11 is 0. The topological polar surface area (TPSA) is 69.1 Å². The number of nitrogens with zero attached hydrogens (tertiary/aromatic N) is 2. The lowest BCUT2D eigenvalue weighted by molar-refractivity contribution is 0.0823. The molecule has 2 rings (SSSR count). The van der Waals surface area contributed by atoms with Crippen LogP contribution in [0.25, 0.3) is 0 Å². The van der Waals surface area contributed by atoms with E-state index in [0.29, 0.717) is 6.54 Å². The summed E-state index contributed by atoms with van der Waals surface area (Å²) in [4.78, 5) is 7.17. The molecule has 0 atom stereocenters. The average Bonchev–Trinajstić information content (AvgIpc) is 2.65. The molecule has 1 heterocycles. The molecule has 1 saturated heterocycles. The molecule has 1 aromatic rings. The highest BCUT2D eigenvalue weighted by Gasteiger charge is 2.16. The fraction of sp³-hybridized carbons (Fsp3) is 0.682. The Labute approximate surface area is 170 Å². The van der Waals surface area contributed by atoms with E-state index in [-0.39, 0.29) is 12.2 Å². The molecule has 1 aliphatic heterocycles. The standard InChI is InChI=1S/C22H38N4O2/c1-5-23-22(24-11-6-12-26-13-9-20(27)10-14-26)25-16-19-8-7-18(4)15-21(19)28-17(2)3/h7-8,15,17,20,27H,5-6,9-14,16H2,1-4H3,(H2,23,24,25). The third-order valence-electron chi connectivity index (χ3n) is 4.84. The SMILES string of the molecule is CCNC(=NCc1ccc(C)cc1OC(C)C)NCCCN1CCC(O)CC1. The van der Waals surface area contributed by atoms with E-state index in [1.54, 1.807) is 0 Å². The largest absolute Gasteiger partial charge is 0.491 e. The molecule has 0 aliphatic carbocycles. The van der Waals surface area contributed by atoms with Crippen LogP contribution in [0.3, 0.4) is 0 Å². The number of ether oxygens (including phenoxy) is 1. The van der Waals surface area contributed by atoms with Crippen molar-refractivity contribution in [1.29, 1.82) is 0 Å². The van der Waals surface area contributed by atoms with Gasteiger partial charge in [-0.15, -0.1) is 0 Å². The van der Waals surface area contributed by atoms with Crippen LogP contribution >= 0.6 is 0 Å². The minimum absolute atomic E-state index is 0.104. The van der Waals surface area contributed by atoms with Gasteiger partial charge in [0.2, 0.25) is 0 Å². The third kappa shape index (κ3) is 8.07. The highest BCUT2D eigenvalue weighted by atomic mass is 16.5. The van der Waals surface area contributed by atoms with Crippen LogP contribution in [0.15, 0.2) is 23.2 Å². The van der Waals surface area contributed by atoms with Gasteiger partial charge in [0.25, 0.3) is 0 Å². The van der Waals surface area contributed by atoms with Crippen molar-refractivity contribution in [2.24, 2.45) is 4.99 Å². The molecular formula is C22H38N4O2. The fourth-order valence-electron chi connectivity index (χ4n) is 3.31. The second-order valence-electron chi connectivity index (χ2n) is 7.83. The first kappa shape index (κ1) is 22.5. The molecule has 0 unspecified atom stereocenters. The van der Waals surface area contributed by atoms with Crippen LogP contribution in [-0.4, -0.2) is 60.9 Å². The second kappa shape index (κ2) is 11.9. The summed E-state index contributed by atoms with van der Waals surface area (Å²) < 4.78 is 5.96. The number of hydrogen-bond donors (Lipinski definition) is 3. The van der Waals surface area contributed by atoms with Crippen molar-refractivity contribution in [2.75, 3.05) is 32.7 Å². The molecule has 6 heteroatoms. The summed E-state index contributed by atoms with van der Waals surface area (Å²) in [5, 5.41) is 16.3. The first-order valence-electron chi connectivity index (χ1n) is 10.7. The lowest BCUT2D eigenvalue weighted by Gasteiger charge is -2.29. The number of aliphatic imine (C=N–C) groups is 1. The Morgan fingerprint density at radius 3 is 2.71 bits per heavy atom. The zero-order chi connectivity index (χ0) is 20.4. The predicted octanol–water partition coefficient (Wildman–Crippen LogP) is 2.68. The lowest BCUT2D eigenvalue weighted by Crippen LogP contribution is -2.40. The first-order valence-corrected chi connectivity index (χ1v) is 10.7. The van der Waals surface area contributed by atoms with Crippen molar-refractivity contribution < 1.29 is 9.84 Å². The molecule has 1 fully saturated rings. The molecule has 28 heavy (non-hydrogen) atoms. The molecule has 0 saturated carbocycles. The van der Waals surface area contributed by atoms with Crippen LogP contribution in [0.2, 0.25) is 0 Å². The number of likely N-dealkylation sites (tertiary alicyclic amines) is 1. The molecule has 158 valence electrons. The van der Waals surface area contributed by atoms with E-state index in [4.69, 9.17) is 9.73 Å². The fourth-order valence-corrected chi connectivity index (χ4v) is 3.31. The number of benzene rings is 1. The Hall–Kier alpha value is -1.79. The van der Waals surface area contributed by atoms with E-state index >= 15 is 0 Å². The van der Waals surface area contributed by atoms with Gasteiger partial charge in [0, 0.05) is 31.7 Å². The smallest absolute Gasteiger partial charge is 0.191 e. The number of nitrogens with one attached hydrogen (secondary N) is 2. The van der Waals surface area contributed by atoms with Gasteiger partial charge in [0.05, 0.1) is 18.8 Å². The zero-order valence-corrected chi connectivity index (χ0v) is 18.0. The maximum Gasteiger partial charge on any atom is 0.191 e. The maximum absolute atomic E-state index is 9.59. The quantitative estimate of drug-likeness (QED) is 0.344. The molecular weight excluding hydrogens is 352 g/mol. The molecule has 6 nitrogen and oxygen atoms in total. The summed E-state index contributed by atoms with van der Waals surface area (Å²) in [6.45, 7) is 13.6. The Balaban J connectivity index is 1.84. The maximum atomic E-state index is 9.59. The van der Waals surface area contributed by atoms with Gasteiger partial charge in [-0.1, -0.05) is 12.1 Å². The highest BCUT2D eigenvalue weighted by Crippen LogP contribution is 2.22. The van der Waals surface area contributed by atoms with Crippen LogP contribution in [0.1, 0.15) is 51.2 Å². The minimum Gasteiger partial charge on any atom is -0.491 e. The Bertz CT molecular complexity index is 611. The van der Waals surface area contributed by atoms with Crippen LogP contribution < -0.4 is 15.4 Å². The Kier molecular flexibility index (Phi) is 9.58. The number of hydrogen-bond acceptors (Lipinski definition) is 4. The molecule has 0 aromatic heterocycles. The Morgan fingerprint density at radius 2 is 2.04 bits per heavy atom. The van der Waals surface area contributed by atoms with E-state index < -0.39 is 0 Å². The number of aliphatic hydroxyl groups excluding tert-OH is 1. The van der Waals surface area contributed by atoms with Gasteiger partial charge in [0.1, 0.15) is 5.75 Å². The highest BCUT2D eigenvalue weighted by molar-refractivity contribution is 5.79. The van der Waals surface area contributed by atoms with E-state index in [2.05, 4.69) is 47.6 Å². The number of piperidine rings is 1. The van der Waals surface area contributed by atoms with Crippen molar-refractivity contribution in [3.8, 4) is 5.75 Å². The molecule has 1 aliphatic rings. The van der Waals surface area contributed by atoms with E-state index in [9.17, 15) is 5.11 Å². The average molecular weight is 391 g/mol. The number of aryl methyl sites for hydroxylation is 1. The van der Waals surface area contributed by atoms with Gasteiger partial charge in [-0.2, -0.15) is 0 Å². The Morgan fingerprint density at radius 1 is 1.29 bits per heavy atom. The molecule has 3 N–H and O–H groups in total. The minimum atomic E-state index is -0.104. The van der Waals surface area contributed by atoms with Crippen molar-refractivity contribution in [3.63, 3.8) is 0 Å². The van der Waals surface area contributed by atoms with Crippen LogP contribution in [0, 0.1) is 6.92 Å². The predicted molar refractivity (Wildman–Crippen MR) is 116 cm³/mol. The molecule has 0 amide bonds. The first-order chi connectivity index (χ1) is 13.5. The summed E-state index contributed by atoms with van der Waals surface area (Å²) in [5.74, 6) is 1.76. The summed E-state index contributed by atoms with van der Waals surface area (Å²) in [6.07, 6.45) is 2.90. The van der Waals surface area contributed by atoms with Crippen molar-refractivity contribution in [2.45, 2.75) is 65.7 Å². The summed E-state index contributed by atoms with van der Waals surface area (Å²) in [7, 11) is 0. The van der Waals surface area contributed by atoms with Crippen molar-refractivity contribution >= 4 is 5.96 Å². The van der Waals surface area contributed by atoms with Gasteiger partial charge in [-0.3, -0.25) is 0 Å². The third-order valence-corrected chi connectivity index (χ3v) is 4.84. The molecule has 1 aromatic carbocycles. The number of rotatable bonds is 9. The van der Waals surface area contributed by atoms with E-state index in [1.807, 2.05) is 13.8 Å². The summed E-state index contributed by atoms with van der Waals surface area (Å²) in [5.41, 5.74) is 2.29. The van der Waals surface area contributed by atoms with Crippen molar-refractivity contribution in [3.05, 3.63) is 29.3 Å². The number of guanidine groups is 1. The van der Waals surface area contributed by atoms with Crippen LogP contribution in [0.4, 0.5) is 0 Å². The second-order valence-corrected chi connectivity index (χ2v) is 7.83. The van der Waals surface area contributed by atoms with Gasteiger partial charge in [0.15, 0.2) is 5.96 Å². The number of aliphatic hydroxyl groups is 1. The van der Waals surface area contributed by atoms with Gasteiger partial charge in [-0.05, 0) is 65.1 Å². The van der Waals surface area contributed by atoms with Gasteiger partial charge in [-0.25, -0.2) is 4.99 Å². The summed E-state index contributed by atoms with van der Waals surface area (Å²) in [6, 6.07) is 6.29. The van der Waals surface area contributed by atoms with Crippen LogP contribution in [0.5, 0.6) is 5.75 Å². The van der Waals surface area contributed by atoms with E-state index in [1.165, 1.54) is 5.56 Å². The normalized spacial score (nSPS) is 16.4. The molecule has 0 bridgehead atoms. The van der Waals surface area contributed by atoms with Gasteiger partial charge >= 0.3 is 0 Å². The van der Waals surface area contributed by atoms with Crippen molar-refractivity contribution in [1.82, 2.24) is 15.5 Å².